The Morgan fingerprint density at radius 3 is 2.00 bits per heavy atom. The number of nitrogens with zero attached hydrogens (tertiary/aromatic N) is 3. The number of rotatable bonds is 10. The first kappa shape index (κ1) is 23.8. The van der Waals surface area contributed by atoms with Crippen LogP contribution in [0.3, 0.4) is 0 Å². The van der Waals surface area contributed by atoms with Gasteiger partial charge in [-0.3, -0.25) is 4.72 Å². The molecule has 7 nitrogen and oxygen atoms in total. The molecule has 2 aromatic carbocycles. The van der Waals surface area contributed by atoms with Crippen molar-refractivity contribution in [1.82, 2.24) is 9.97 Å². The van der Waals surface area contributed by atoms with Crippen LogP contribution >= 0.6 is 0 Å². The molecule has 32 heavy (non-hydrogen) atoms. The third-order valence-electron chi connectivity index (χ3n) is 4.70. The zero-order chi connectivity index (χ0) is 23.3. The Hall–Kier alpha value is -2.87. The van der Waals surface area contributed by atoms with Gasteiger partial charge < -0.3 is 9.64 Å². The van der Waals surface area contributed by atoms with Crippen LogP contribution in [0.5, 0.6) is 5.75 Å². The highest BCUT2D eigenvalue weighted by molar-refractivity contribution is 7.92. The number of hydrogen-bond donors (Lipinski definition) is 1. The van der Waals surface area contributed by atoms with E-state index in [0.29, 0.717) is 35.5 Å². The van der Waals surface area contributed by atoms with E-state index < -0.39 is 10.0 Å². The van der Waals surface area contributed by atoms with Crippen LogP contribution in [0.2, 0.25) is 0 Å². The van der Waals surface area contributed by atoms with E-state index in [9.17, 15) is 8.42 Å². The van der Waals surface area contributed by atoms with E-state index >= 15 is 0 Å². The zero-order valence-corrected chi connectivity index (χ0v) is 20.2. The Kier molecular flexibility index (Phi) is 7.56. The number of nitrogens with one attached hydrogen (secondary N) is 1. The zero-order valence-electron chi connectivity index (χ0n) is 19.4. The molecule has 1 aromatic heterocycles. The van der Waals surface area contributed by atoms with Crippen LogP contribution < -0.4 is 14.4 Å². The average Bonchev–Trinajstić information content (AvgIpc) is 2.72. The van der Waals surface area contributed by atoms with E-state index in [1.165, 1.54) is 12.1 Å². The number of sulfonamides is 1. The van der Waals surface area contributed by atoms with Crippen LogP contribution in [-0.4, -0.2) is 38.1 Å². The summed E-state index contributed by atoms with van der Waals surface area (Å²) in [6.07, 6.45) is 0. The first-order valence-electron chi connectivity index (χ1n) is 11.0. The molecule has 0 bridgehead atoms. The number of anilines is 2. The molecule has 0 amide bonds. The Labute approximate surface area is 190 Å². The van der Waals surface area contributed by atoms with Gasteiger partial charge in [-0.25, -0.2) is 18.4 Å². The monoisotopic (exact) mass is 456 g/mol. The maximum Gasteiger partial charge on any atom is 0.263 e. The van der Waals surface area contributed by atoms with Gasteiger partial charge in [-0.15, -0.1) is 0 Å². The lowest BCUT2D eigenvalue weighted by molar-refractivity contribution is 0.340. The van der Waals surface area contributed by atoms with Gasteiger partial charge >= 0.3 is 0 Å². The fraction of sp³-hybridized carbons (Fsp3) is 0.417. The van der Waals surface area contributed by atoms with Gasteiger partial charge in [-0.05, 0) is 55.2 Å². The number of benzene rings is 2. The summed E-state index contributed by atoms with van der Waals surface area (Å²) >= 11 is 0. The first-order chi connectivity index (χ1) is 15.2. The third-order valence-corrected chi connectivity index (χ3v) is 6.05. The highest BCUT2D eigenvalue weighted by Crippen LogP contribution is 2.29. The second-order valence-electron chi connectivity index (χ2n) is 8.59. The second-order valence-corrected chi connectivity index (χ2v) is 10.3. The van der Waals surface area contributed by atoms with Crippen LogP contribution in [0.15, 0.2) is 53.4 Å². The van der Waals surface area contributed by atoms with Crippen LogP contribution in [0, 0.1) is 11.8 Å². The van der Waals surface area contributed by atoms with Crippen LogP contribution in [0.25, 0.3) is 11.0 Å². The summed E-state index contributed by atoms with van der Waals surface area (Å²) in [5, 5.41) is 0. The standard InChI is InChI=1S/C24H32N4O3S/c1-6-31-19-11-13-20(14-12-19)32(29,30)27-23-24(28(15-17(2)3)16-18(4)5)26-22-10-8-7-9-21(22)25-23/h7-14,17-18H,6,15-16H2,1-5H3,(H,25,27). The van der Waals surface area contributed by atoms with Gasteiger partial charge in [0.15, 0.2) is 11.6 Å². The molecule has 0 spiro atoms. The van der Waals surface area contributed by atoms with Crippen molar-refractivity contribution in [3.8, 4) is 5.75 Å². The number of aromatic nitrogens is 2. The van der Waals surface area contributed by atoms with Crippen molar-refractivity contribution in [3.63, 3.8) is 0 Å². The van der Waals surface area contributed by atoms with Crippen molar-refractivity contribution < 1.29 is 13.2 Å². The summed E-state index contributed by atoms with van der Waals surface area (Å²) in [7, 11) is -3.86. The number of hydrogen-bond acceptors (Lipinski definition) is 6. The Balaban J connectivity index is 2.05. The van der Waals surface area contributed by atoms with Crippen molar-refractivity contribution in [2.45, 2.75) is 39.5 Å². The Morgan fingerprint density at radius 1 is 0.906 bits per heavy atom. The molecule has 0 saturated carbocycles. The number of fused-ring (bicyclic) bond motifs is 1. The lowest BCUT2D eigenvalue weighted by atomic mass is 10.1. The maximum absolute atomic E-state index is 13.2. The van der Waals surface area contributed by atoms with Crippen molar-refractivity contribution >= 4 is 32.7 Å². The van der Waals surface area contributed by atoms with E-state index in [0.717, 1.165) is 18.6 Å². The van der Waals surface area contributed by atoms with E-state index in [2.05, 4.69) is 42.3 Å². The minimum absolute atomic E-state index is 0.140. The summed E-state index contributed by atoms with van der Waals surface area (Å²) in [6.45, 7) is 12.4. The van der Waals surface area contributed by atoms with Gasteiger partial charge in [0.25, 0.3) is 10.0 Å². The molecular formula is C24H32N4O3S. The smallest absolute Gasteiger partial charge is 0.263 e. The average molecular weight is 457 g/mol. The van der Waals surface area contributed by atoms with Gasteiger partial charge in [-0.1, -0.05) is 39.8 Å². The summed E-state index contributed by atoms with van der Waals surface area (Å²) < 4.78 is 34.5. The minimum Gasteiger partial charge on any atom is -0.494 e. The van der Waals surface area contributed by atoms with Crippen LogP contribution in [0.4, 0.5) is 11.6 Å². The highest BCUT2D eigenvalue weighted by atomic mass is 32.2. The first-order valence-corrected chi connectivity index (χ1v) is 12.4. The molecule has 0 aliphatic rings. The fourth-order valence-corrected chi connectivity index (χ4v) is 4.48. The fourth-order valence-electron chi connectivity index (χ4n) is 3.48. The van der Waals surface area contributed by atoms with Crippen molar-refractivity contribution in [1.29, 1.82) is 0 Å². The van der Waals surface area contributed by atoms with E-state index in [-0.39, 0.29) is 10.7 Å². The predicted molar refractivity (Wildman–Crippen MR) is 130 cm³/mol. The largest absolute Gasteiger partial charge is 0.494 e. The van der Waals surface area contributed by atoms with Crippen LogP contribution in [-0.2, 0) is 10.0 Å². The van der Waals surface area contributed by atoms with E-state index in [1.54, 1.807) is 12.1 Å². The highest BCUT2D eigenvalue weighted by Gasteiger charge is 2.23. The molecule has 0 aliphatic heterocycles. The molecular weight excluding hydrogens is 424 g/mol. The molecule has 0 fully saturated rings. The van der Waals surface area contributed by atoms with Gasteiger partial charge in [0, 0.05) is 13.1 Å². The Bertz CT molecular complexity index is 1140. The van der Waals surface area contributed by atoms with Gasteiger partial charge in [0.2, 0.25) is 0 Å². The van der Waals surface area contributed by atoms with E-state index in [4.69, 9.17) is 9.72 Å². The predicted octanol–water partition coefficient (Wildman–Crippen LogP) is 4.95. The van der Waals surface area contributed by atoms with Gasteiger partial charge in [-0.2, -0.15) is 0 Å². The molecule has 0 radical (unpaired) electrons. The van der Waals surface area contributed by atoms with Crippen molar-refractivity contribution in [3.05, 3.63) is 48.5 Å². The molecule has 0 unspecified atom stereocenters. The molecule has 1 N–H and O–H groups in total. The minimum atomic E-state index is -3.86. The molecule has 0 atom stereocenters. The quantitative estimate of drug-likeness (QED) is 0.465. The van der Waals surface area contributed by atoms with Gasteiger partial charge in [0.1, 0.15) is 5.75 Å². The van der Waals surface area contributed by atoms with Crippen molar-refractivity contribution in [2.75, 3.05) is 29.3 Å². The molecule has 3 aromatic rings. The van der Waals surface area contributed by atoms with E-state index in [1.807, 2.05) is 31.2 Å². The van der Waals surface area contributed by atoms with Gasteiger partial charge in [0.05, 0.1) is 22.5 Å². The summed E-state index contributed by atoms with van der Waals surface area (Å²) in [5.74, 6) is 2.15. The third kappa shape index (κ3) is 5.88. The summed E-state index contributed by atoms with van der Waals surface area (Å²) in [5.41, 5.74) is 1.36. The van der Waals surface area contributed by atoms with Crippen molar-refractivity contribution in [2.24, 2.45) is 11.8 Å². The topological polar surface area (TPSA) is 84.4 Å². The summed E-state index contributed by atoms with van der Waals surface area (Å²) in [6, 6.07) is 13.8. The summed E-state index contributed by atoms with van der Waals surface area (Å²) in [4.78, 5) is 11.7. The SMILES string of the molecule is CCOc1ccc(S(=O)(=O)Nc2nc3ccccc3nc2N(CC(C)C)CC(C)C)cc1. The molecule has 172 valence electrons. The lowest BCUT2D eigenvalue weighted by Crippen LogP contribution is -2.33. The number of ether oxygens (including phenoxy) is 1. The Morgan fingerprint density at radius 2 is 1.47 bits per heavy atom. The number of para-hydroxylation sites is 2. The molecule has 0 aliphatic carbocycles. The normalized spacial score (nSPS) is 11.8. The second kappa shape index (κ2) is 10.2. The molecule has 3 rings (SSSR count). The molecule has 8 heteroatoms. The van der Waals surface area contributed by atoms with Crippen LogP contribution in [0.1, 0.15) is 34.6 Å². The molecule has 1 heterocycles. The molecule has 0 saturated heterocycles. The maximum atomic E-state index is 13.2. The lowest BCUT2D eigenvalue weighted by Gasteiger charge is -2.29.